The van der Waals surface area contributed by atoms with Crippen molar-refractivity contribution < 1.29 is 9.32 Å². The number of nitrogens with one attached hydrogen (secondary N) is 2. The molecule has 6 nitrogen and oxygen atoms in total. The molecule has 0 aromatic carbocycles. The lowest BCUT2D eigenvalue weighted by Crippen LogP contribution is -2.39. The van der Waals surface area contributed by atoms with Crippen molar-refractivity contribution >= 4 is 11.7 Å². The molecule has 0 fully saturated rings. The Morgan fingerprint density at radius 3 is 2.90 bits per heavy atom. The van der Waals surface area contributed by atoms with E-state index < -0.39 is 0 Å². The number of aromatic nitrogens is 2. The second-order valence-corrected chi connectivity index (χ2v) is 4.47. The van der Waals surface area contributed by atoms with Crippen molar-refractivity contribution in [2.24, 2.45) is 0 Å². The minimum Gasteiger partial charge on any atom is -0.360 e. The lowest BCUT2D eigenvalue weighted by Gasteiger charge is -2.15. The van der Waals surface area contributed by atoms with E-state index in [-0.39, 0.29) is 11.9 Å². The van der Waals surface area contributed by atoms with Gasteiger partial charge in [-0.1, -0.05) is 18.1 Å². The van der Waals surface area contributed by atoms with Crippen LogP contribution < -0.4 is 10.6 Å². The molecule has 1 amide bonds. The summed E-state index contributed by atoms with van der Waals surface area (Å²) in [5, 5.41) is 9.65. The summed E-state index contributed by atoms with van der Waals surface area (Å²) in [7, 11) is 0. The van der Waals surface area contributed by atoms with Crippen molar-refractivity contribution in [2.75, 3.05) is 5.32 Å². The molecule has 1 unspecified atom stereocenters. The van der Waals surface area contributed by atoms with Crippen LogP contribution in [0.3, 0.4) is 0 Å². The van der Waals surface area contributed by atoms with E-state index >= 15 is 0 Å². The van der Waals surface area contributed by atoms with Gasteiger partial charge < -0.3 is 15.2 Å². The minimum atomic E-state index is -0.297. The van der Waals surface area contributed by atoms with Crippen LogP contribution in [0.25, 0.3) is 0 Å². The number of carbonyl (C=O) groups is 1. The summed E-state index contributed by atoms with van der Waals surface area (Å²) in [4.78, 5) is 16.3. The summed E-state index contributed by atoms with van der Waals surface area (Å²) in [6, 6.07) is 7.08. The predicted octanol–water partition coefficient (Wildman–Crippen LogP) is 1.88. The van der Waals surface area contributed by atoms with E-state index in [1.165, 1.54) is 0 Å². The molecular formula is C14H18N4O2. The highest BCUT2D eigenvalue weighted by molar-refractivity contribution is 5.93. The number of nitrogens with zero attached hydrogens (tertiary/aromatic N) is 2. The summed E-state index contributed by atoms with van der Waals surface area (Å²) >= 11 is 0. The van der Waals surface area contributed by atoms with Crippen molar-refractivity contribution in [3.8, 4) is 0 Å². The van der Waals surface area contributed by atoms with E-state index in [1.807, 2.05) is 25.1 Å². The molecule has 2 aromatic heterocycles. The van der Waals surface area contributed by atoms with Crippen LogP contribution in [0.4, 0.5) is 5.82 Å². The van der Waals surface area contributed by atoms with Gasteiger partial charge in [-0.3, -0.25) is 9.78 Å². The third-order valence-electron chi connectivity index (χ3n) is 2.86. The molecular weight excluding hydrogens is 256 g/mol. The van der Waals surface area contributed by atoms with Gasteiger partial charge in [0, 0.05) is 18.8 Å². The van der Waals surface area contributed by atoms with Gasteiger partial charge in [-0.25, -0.2) is 0 Å². The summed E-state index contributed by atoms with van der Waals surface area (Å²) < 4.78 is 4.91. The van der Waals surface area contributed by atoms with E-state index in [9.17, 15) is 4.79 Å². The smallest absolute Gasteiger partial charge is 0.242 e. The van der Waals surface area contributed by atoms with Crippen LogP contribution in [0, 0.1) is 6.92 Å². The molecule has 0 aliphatic heterocycles. The molecule has 0 aliphatic rings. The molecule has 0 aliphatic carbocycles. The van der Waals surface area contributed by atoms with Crippen molar-refractivity contribution in [2.45, 2.75) is 32.9 Å². The number of aryl methyl sites for hydroxylation is 1. The van der Waals surface area contributed by atoms with Gasteiger partial charge in [0.1, 0.15) is 5.76 Å². The van der Waals surface area contributed by atoms with E-state index in [2.05, 4.69) is 20.8 Å². The zero-order valence-corrected chi connectivity index (χ0v) is 11.6. The van der Waals surface area contributed by atoms with Crippen LogP contribution in [0.15, 0.2) is 35.0 Å². The second-order valence-electron chi connectivity index (χ2n) is 4.47. The van der Waals surface area contributed by atoms with Crippen LogP contribution in [-0.2, 0) is 11.3 Å². The third kappa shape index (κ3) is 3.89. The normalized spacial score (nSPS) is 12.1. The Balaban J connectivity index is 1.89. The molecule has 0 radical (unpaired) electrons. The predicted molar refractivity (Wildman–Crippen MR) is 75.0 cm³/mol. The maximum atomic E-state index is 12.1. The van der Waals surface area contributed by atoms with Crippen molar-refractivity contribution in [1.29, 1.82) is 0 Å². The first-order valence-electron chi connectivity index (χ1n) is 6.56. The molecule has 20 heavy (non-hydrogen) atoms. The topological polar surface area (TPSA) is 80.0 Å². The highest BCUT2D eigenvalue weighted by Gasteiger charge is 2.17. The summed E-state index contributed by atoms with van der Waals surface area (Å²) in [5.74, 6) is 0.970. The molecule has 0 spiro atoms. The van der Waals surface area contributed by atoms with Gasteiger partial charge in [0.15, 0.2) is 5.82 Å². The number of carbonyl (C=O) groups excluding carboxylic acids is 1. The average molecular weight is 274 g/mol. The first-order chi connectivity index (χ1) is 9.69. The molecule has 2 rings (SSSR count). The molecule has 2 N–H and O–H groups in total. The maximum absolute atomic E-state index is 12.1. The Morgan fingerprint density at radius 1 is 1.45 bits per heavy atom. The van der Waals surface area contributed by atoms with Crippen LogP contribution in [0.1, 0.15) is 24.8 Å². The Morgan fingerprint density at radius 2 is 2.30 bits per heavy atom. The van der Waals surface area contributed by atoms with Crippen molar-refractivity contribution in [3.05, 3.63) is 41.9 Å². The van der Waals surface area contributed by atoms with Gasteiger partial charge in [0.25, 0.3) is 0 Å². The van der Waals surface area contributed by atoms with Gasteiger partial charge in [0.05, 0.1) is 11.7 Å². The monoisotopic (exact) mass is 274 g/mol. The molecule has 2 heterocycles. The van der Waals surface area contributed by atoms with Crippen LogP contribution in [0.2, 0.25) is 0 Å². The second kappa shape index (κ2) is 6.81. The largest absolute Gasteiger partial charge is 0.360 e. The fourth-order valence-electron chi connectivity index (χ4n) is 1.79. The van der Waals surface area contributed by atoms with Gasteiger partial charge in [-0.2, -0.15) is 0 Å². The number of hydrogen-bond donors (Lipinski definition) is 2. The van der Waals surface area contributed by atoms with Crippen molar-refractivity contribution in [3.63, 3.8) is 0 Å². The fraction of sp³-hybridized carbons (Fsp3) is 0.357. The van der Waals surface area contributed by atoms with Crippen LogP contribution in [-0.4, -0.2) is 22.1 Å². The fourth-order valence-corrected chi connectivity index (χ4v) is 1.79. The maximum Gasteiger partial charge on any atom is 0.242 e. The summed E-state index contributed by atoms with van der Waals surface area (Å²) in [6.07, 6.45) is 2.41. The van der Waals surface area contributed by atoms with Gasteiger partial charge >= 0.3 is 0 Å². The summed E-state index contributed by atoms with van der Waals surface area (Å²) in [5.41, 5.74) is 0.899. The number of hydrogen-bond acceptors (Lipinski definition) is 5. The summed E-state index contributed by atoms with van der Waals surface area (Å²) in [6.45, 7) is 4.27. The average Bonchev–Trinajstić information content (AvgIpc) is 2.86. The molecule has 0 saturated heterocycles. The van der Waals surface area contributed by atoms with E-state index in [0.717, 1.165) is 5.69 Å². The zero-order valence-electron chi connectivity index (χ0n) is 11.6. The minimum absolute atomic E-state index is 0.128. The first-order valence-corrected chi connectivity index (χ1v) is 6.56. The van der Waals surface area contributed by atoms with Crippen molar-refractivity contribution in [1.82, 2.24) is 15.5 Å². The molecule has 106 valence electrons. The third-order valence-corrected chi connectivity index (χ3v) is 2.86. The lowest BCUT2D eigenvalue weighted by molar-refractivity contribution is -0.118. The Kier molecular flexibility index (Phi) is 4.84. The number of anilines is 1. The van der Waals surface area contributed by atoms with Gasteiger partial charge in [-0.05, 0) is 25.5 Å². The highest BCUT2D eigenvalue weighted by Crippen LogP contribution is 2.08. The molecule has 2 aromatic rings. The van der Waals surface area contributed by atoms with Gasteiger partial charge in [0.2, 0.25) is 5.91 Å². The van der Waals surface area contributed by atoms with E-state index in [1.54, 1.807) is 19.2 Å². The standard InChI is InChI=1S/C14H18N4O2/c1-3-12(16-9-11-6-4-5-7-15-11)14(19)17-13-8-10(2)20-18-13/h4-8,12,16H,3,9H2,1-2H3,(H,17,18,19). The molecule has 6 heteroatoms. The Labute approximate surface area is 117 Å². The SMILES string of the molecule is CCC(NCc1ccccn1)C(=O)Nc1cc(C)on1. The molecule has 0 saturated carbocycles. The lowest BCUT2D eigenvalue weighted by atomic mass is 10.2. The molecule has 0 bridgehead atoms. The highest BCUT2D eigenvalue weighted by atomic mass is 16.5. The van der Waals surface area contributed by atoms with Crippen LogP contribution in [0.5, 0.6) is 0 Å². The Bertz CT molecular complexity index is 553. The first kappa shape index (κ1) is 14.2. The molecule has 1 atom stereocenters. The number of amides is 1. The quantitative estimate of drug-likeness (QED) is 0.840. The zero-order chi connectivity index (χ0) is 14.4. The number of rotatable bonds is 6. The number of pyridine rings is 1. The van der Waals surface area contributed by atoms with E-state index in [0.29, 0.717) is 24.5 Å². The van der Waals surface area contributed by atoms with Gasteiger partial charge in [-0.15, -0.1) is 0 Å². The van der Waals surface area contributed by atoms with E-state index in [4.69, 9.17) is 4.52 Å². The van der Waals surface area contributed by atoms with Crippen LogP contribution >= 0.6 is 0 Å². The Hall–Kier alpha value is -2.21.